The number of aryl methyl sites for hydroxylation is 1. The molecule has 0 aliphatic carbocycles. The Hall–Kier alpha value is -1.39. The Kier molecular flexibility index (Phi) is 4.33. The normalized spacial score (nSPS) is 10.8. The summed E-state index contributed by atoms with van der Waals surface area (Å²) in [5.41, 5.74) is 0.460. The molecule has 2 aromatic rings. The average molecular weight is 269 g/mol. The molecular formula is C13H14ClFN2O. The van der Waals surface area contributed by atoms with E-state index in [0.717, 1.165) is 12.2 Å². The second-order valence-electron chi connectivity index (χ2n) is 3.88. The highest BCUT2D eigenvalue weighted by Crippen LogP contribution is 2.18. The standard InChI is InChI=1S/C13H14ClFN2O/c1-2-9-6-17-13(18-9)8-16-7-10-11(14)4-3-5-12(10)15/h3-6,16H,2,7-8H2,1H3. The lowest BCUT2D eigenvalue weighted by Crippen LogP contribution is -2.14. The van der Waals surface area contributed by atoms with Gasteiger partial charge in [0.15, 0.2) is 0 Å². The fourth-order valence-corrected chi connectivity index (χ4v) is 1.82. The van der Waals surface area contributed by atoms with E-state index in [9.17, 15) is 4.39 Å². The monoisotopic (exact) mass is 268 g/mol. The van der Waals surface area contributed by atoms with Gasteiger partial charge >= 0.3 is 0 Å². The Morgan fingerprint density at radius 3 is 2.89 bits per heavy atom. The largest absolute Gasteiger partial charge is 0.444 e. The van der Waals surface area contributed by atoms with Crippen LogP contribution in [0.4, 0.5) is 4.39 Å². The number of nitrogens with zero attached hydrogens (tertiary/aromatic N) is 1. The molecule has 0 unspecified atom stereocenters. The van der Waals surface area contributed by atoms with Crippen LogP contribution in [0.1, 0.15) is 24.1 Å². The molecule has 0 fully saturated rings. The number of oxazole rings is 1. The second kappa shape index (κ2) is 5.98. The van der Waals surface area contributed by atoms with Gasteiger partial charge in [0, 0.05) is 23.6 Å². The summed E-state index contributed by atoms with van der Waals surface area (Å²) >= 11 is 5.92. The van der Waals surface area contributed by atoms with Crippen LogP contribution in [0.2, 0.25) is 5.02 Å². The number of halogens is 2. The highest BCUT2D eigenvalue weighted by molar-refractivity contribution is 6.31. The van der Waals surface area contributed by atoms with Crippen LogP contribution in [0.15, 0.2) is 28.8 Å². The van der Waals surface area contributed by atoms with Crippen LogP contribution in [-0.2, 0) is 19.5 Å². The maximum atomic E-state index is 13.5. The van der Waals surface area contributed by atoms with Gasteiger partial charge in [-0.3, -0.25) is 0 Å². The van der Waals surface area contributed by atoms with Crippen molar-refractivity contribution < 1.29 is 8.81 Å². The van der Waals surface area contributed by atoms with Crippen molar-refractivity contribution in [2.24, 2.45) is 0 Å². The maximum Gasteiger partial charge on any atom is 0.208 e. The highest BCUT2D eigenvalue weighted by atomic mass is 35.5. The molecule has 1 heterocycles. The van der Waals surface area contributed by atoms with Gasteiger partial charge in [-0.15, -0.1) is 0 Å². The van der Waals surface area contributed by atoms with Gasteiger partial charge in [0.25, 0.3) is 0 Å². The molecule has 0 bridgehead atoms. The lowest BCUT2D eigenvalue weighted by atomic mass is 10.2. The first kappa shape index (κ1) is 13.1. The summed E-state index contributed by atoms with van der Waals surface area (Å²) < 4.78 is 18.9. The van der Waals surface area contributed by atoms with Crippen molar-refractivity contribution in [2.75, 3.05) is 0 Å². The summed E-state index contributed by atoms with van der Waals surface area (Å²) in [6.07, 6.45) is 2.51. The quantitative estimate of drug-likeness (QED) is 0.904. The van der Waals surface area contributed by atoms with Gasteiger partial charge in [-0.2, -0.15) is 0 Å². The Labute approximate surface area is 110 Å². The molecule has 2 rings (SSSR count). The van der Waals surface area contributed by atoms with Crippen molar-refractivity contribution in [2.45, 2.75) is 26.4 Å². The molecule has 0 saturated heterocycles. The first-order valence-electron chi connectivity index (χ1n) is 5.78. The van der Waals surface area contributed by atoms with Gasteiger partial charge in [-0.25, -0.2) is 9.37 Å². The summed E-state index contributed by atoms with van der Waals surface area (Å²) in [4.78, 5) is 4.11. The van der Waals surface area contributed by atoms with Crippen molar-refractivity contribution in [1.82, 2.24) is 10.3 Å². The van der Waals surface area contributed by atoms with Crippen molar-refractivity contribution in [3.05, 3.63) is 52.5 Å². The molecule has 0 aliphatic heterocycles. The summed E-state index contributed by atoms with van der Waals surface area (Å²) in [5, 5.41) is 3.48. The Morgan fingerprint density at radius 2 is 2.22 bits per heavy atom. The van der Waals surface area contributed by atoms with E-state index in [1.165, 1.54) is 6.07 Å². The Bertz CT molecular complexity index is 507. The molecule has 0 aliphatic rings. The summed E-state index contributed by atoms with van der Waals surface area (Å²) in [6.45, 7) is 2.79. The van der Waals surface area contributed by atoms with Crippen LogP contribution in [0, 0.1) is 5.82 Å². The minimum Gasteiger partial charge on any atom is -0.444 e. The first-order valence-corrected chi connectivity index (χ1v) is 6.15. The second-order valence-corrected chi connectivity index (χ2v) is 4.28. The van der Waals surface area contributed by atoms with E-state index in [1.54, 1.807) is 18.3 Å². The lowest BCUT2D eigenvalue weighted by Gasteiger charge is -2.06. The minimum atomic E-state index is -0.309. The molecule has 0 saturated carbocycles. The molecule has 0 amide bonds. The molecule has 18 heavy (non-hydrogen) atoms. The number of hydrogen-bond acceptors (Lipinski definition) is 3. The van der Waals surface area contributed by atoms with Gasteiger partial charge in [-0.1, -0.05) is 24.6 Å². The van der Waals surface area contributed by atoms with Crippen molar-refractivity contribution >= 4 is 11.6 Å². The Morgan fingerprint density at radius 1 is 1.39 bits per heavy atom. The van der Waals surface area contributed by atoms with Crippen LogP contribution in [0.25, 0.3) is 0 Å². The predicted molar refractivity (Wildman–Crippen MR) is 67.8 cm³/mol. The molecule has 1 aromatic carbocycles. The van der Waals surface area contributed by atoms with Gasteiger partial charge in [0.2, 0.25) is 5.89 Å². The average Bonchev–Trinajstić information content (AvgIpc) is 2.81. The van der Waals surface area contributed by atoms with E-state index in [0.29, 0.717) is 29.6 Å². The molecule has 5 heteroatoms. The van der Waals surface area contributed by atoms with Crippen LogP contribution in [0.3, 0.4) is 0 Å². The zero-order valence-corrected chi connectivity index (χ0v) is 10.8. The third-order valence-electron chi connectivity index (χ3n) is 2.59. The van der Waals surface area contributed by atoms with E-state index in [2.05, 4.69) is 10.3 Å². The van der Waals surface area contributed by atoms with E-state index in [1.807, 2.05) is 6.92 Å². The highest BCUT2D eigenvalue weighted by Gasteiger charge is 2.07. The Balaban J connectivity index is 1.92. The van der Waals surface area contributed by atoms with Gasteiger partial charge in [0.1, 0.15) is 11.6 Å². The zero-order chi connectivity index (χ0) is 13.0. The predicted octanol–water partition coefficient (Wildman–Crippen LogP) is 3.32. The maximum absolute atomic E-state index is 13.5. The fraction of sp³-hybridized carbons (Fsp3) is 0.308. The number of rotatable bonds is 5. The van der Waals surface area contributed by atoms with Crippen LogP contribution >= 0.6 is 11.6 Å². The van der Waals surface area contributed by atoms with E-state index in [4.69, 9.17) is 16.0 Å². The van der Waals surface area contributed by atoms with Gasteiger partial charge < -0.3 is 9.73 Å². The first-order chi connectivity index (χ1) is 8.70. The molecule has 3 nitrogen and oxygen atoms in total. The third-order valence-corrected chi connectivity index (χ3v) is 2.94. The number of benzene rings is 1. The van der Waals surface area contributed by atoms with Gasteiger partial charge in [-0.05, 0) is 12.1 Å². The van der Waals surface area contributed by atoms with Crippen LogP contribution < -0.4 is 5.32 Å². The summed E-state index contributed by atoms with van der Waals surface area (Å²) in [5.74, 6) is 1.13. The van der Waals surface area contributed by atoms with Crippen molar-refractivity contribution in [1.29, 1.82) is 0 Å². The van der Waals surface area contributed by atoms with Crippen molar-refractivity contribution in [3.8, 4) is 0 Å². The van der Waals surface area contributed by atoms with E-state index in [-0.39, 0.29) is 5.82 Å². The topological polar surface area (TPSA) is 38.1 Å². The zero-order valence-electron chi connectivity index (χ0n) is 10.0. The SMILES string of the molecule is CCc1cnc(CNCc2c(F)cccc2Cl)o1. The molecule has 1 aromatic heterocycles. The van der Waals surface area contributed by atoms with E-state index >= 15 is 0 Å². The fourth-order valence-electron chi connectivity index (χ4n) is 1.59. The number of aromatic nitrogens is 1. The molecule has 96 valence electrons. The number of hydrogen-bond donors (Lipinski definition) is 1. The summed E-state index contributed by atoms with van der Waals surface area (Å²) in [6, 6.07) is 4.65. The molecular weight excluding hydrogens is 255 g/mol. The molecule has 0 radical (unpaired) electrons. The van der Waals surface area contributed by atoms with E-state index < -0.39 is 0 Å². The minimum absolute atomic E-state index is 0.309. The van der Waals surface area contributed by atoms with Crippen LogP contribution in [-0.4, -0.2) is 4.98 Å². The lowest BCUT2D eigenvalue weighted by molar-refractivity contribution is 0.437. The smallest absolute Gasteiger partial charge is 0.208 e. The molecule has 1 N–H and O–H groups in total. The number of nitrogens with one attached hydrogen (secondary N) is 1. The third kappa shape index (κ3) is 3.09. The molecule has 0 atom stereocenters. The molecule has 0 spiro atoms. The van der Waals surface area contributed by atoms with Gasteiger partial charge in [0.05, 0.1) is 12.7 Å². The summed E-state index contributed by atoms with van der Waals surface area (Å²) in [7, 11) is 0. The van der Waals surface area contributed by atoms with Crippen LogP contribution in [0.5, 0.6) is 0 Å². The van der Waals surface area contributed by atoms with Crippen molar-refractivity contribution in [3.63, 3.8) is 0 Å².